The van der Waals surface area contributed by atoms with Crippen LogP contribution in [0.4, 0.5) is 4.39 Å². The van der Waals surface area contributed by atoms with Gasteiger partial charge in [-0.05, 0) is 78.7 Å². The van der Waals surface area contributed by atoms with Gasteiger partial charge in [0.15, 0.2) is 5.78 Å². The summed E-state index contributed by atoms with van der Waals surface area (Å²) in [6.07, 6.45) is 3.59. The molecule has 160 valence electrons. The van der Waals surface area contributed by atoms with Gasteiger partial charge in [-0.2, -0.15) is 0 Å². The zero-order valence-corrected chi connectivity index (χ0v) is 17.9. The quantitative estimate of drug-likeness (QED) is 0.543. The normalized spacial score (nSPS) is 18.6. The smallest absolute Gasteiger partial charge is 0.178 e. The van der Waals surface area contributed by atoms with E-state index in [1.807, 2.05) is 6.07 Å². The van der Waals surface area contributed by atoms with Crippen molar-refractivity contribution in [2.45, 2.75) is 32.7 Å². The molecule has 0 unspecified atom stereocenters. The van der Waals surface area contributed by atoms with Crippen molar-refractivity contribution in [3.63, 3.8) is 0 Å². The molecule has 5 heteroatoms. The molecule has 31 heavy (non-hydrogen) atoms. The molecule has 5 rings (SSSR count). The molecule has 2 fully saturated rings. The predicted octanol–water partition coefficient (Wildman–Crippen LogP) is 5.25. The topological polar surface area (TPSA) is 42.4 Å². The number of likely N-dealkylation sites (tertiary alicyclic amines) is 1. The number of fused-ring (bicyclic) bond motifs is 1. The molecule has 1 spiro atoms. The lowest BCUT2D eigenvalue weighted by atomic mass is 9.78. The van der Waals surface area contributed by atoms with E-state index >= 15 is 0 Å². The van der Waals surface area contributed by atoms with Crippen LogP contribution in [0, 0.1) is 11.2 Å². The summed E-state index contributed by atoms with van der Waals surface area (Å²) in [6.45, 7) is 6.41. The van der Waals surface area contributed by atoms with E-state index in [-0.39, 0.29) is 11.6 Å². The Balaban J connectivity index is 1.43. The third-order valence-corrected chi connectivity index (χ3v) is 6.90. The van der Waals surface area contributed by atoms with Gasteiger partial charge in [0.05, 0.1) is 12.1 Å². The Morgan fingerprint density at radius 3 is 2.55 bits per heavy atom. The SMILES string of the molecule is CC(=O)c1cc(-c2ccc(F)cc2)c2ccc(CN3CCC4(CCOC4)CC3)cc2n1. The number of pyridine rings is 1. The van der Waals surface area contributed by atoms with Gasteiger partial charge in [-0.3, -0.25) is 9.69 Å². The van der Waals surface area contributed by atoms with Crippen LogP contribution in [-0.4, -0.2) is 42.0 Å². The van der Waals surface area contributed by atoms with Crippen LogP contribution in [0.15, 0.2) is 48.5 Å². The Bertz CT molecular complexity index is 1110. The van der Waals surface area contributed by atoms with Crippen molar-refractivity contribution in [3.8, 4) is 11.1 Å². The summed E-state index contributed by atoms with van der Waals surface area (Å²) in [5.41, 5.74) is 4.63. The number of Topliss-reactive ketones (excluding diaryl/α,β-unsaturated/α-hetero) is 1. The second-order valence-electron chi connectivity index (χ2n) is 9.05. The van der Waals surface area contributed by atoms with Crippen molar-refractivity contribution < 1.29 is 13.9 Å². The number of halogens is 1. The highest BCUT2D eigenvalue weighted by molar-refractivity contribution is 6.01. The lowest BCUT2D eigenvalue weighted by molar-refractivity contribution is 0.0773. The highest BCUT2D eigenvalue weighted by atomic mass is 19.1. The van der Waals surface area contributed by atoms with Crippen LogP contribution in [-0.2, 0) is 11.3 Å². The fourth-order valence-electron chi connectivity index (χ4n) is 4.91. The highest BCUT2D eigenvalue weighted by Crippen LogP contribution is 2.39. The van der Waals surface area contributed by atoms with E-state index in [1.54, 1.807) is 12.1 Å². The third kappa shape index (κ3) is 4.12. The van der Waals surface area contributed by atoms with E-state index in [4.69, 9.17) is 4.74 Å². The molecule has 0 radical (unpaired) electrons. The molecule has 0 aliphatic carbocycles. The van der Waals surface area contributed by atoms with Gasteiger partial charge in [0.2, 0.25) is 0 Å². The molecule has 2 aromatic carbocycles. The number of hydrogen-bond acceptors (Lipinski definition) is 4. The Labute approximate surface area is 182 Å². The fraction of sp³-hybridized carbons (Fsp3) is 0.385. The molecule has 0 bridgehead atoms. The van der Waals surface area contributed by atoms with E-state index in [1.165, 1.54) is 43.9 Å². The first kappa shape index (κ1) is 20.3. The maximum atomic E-state index is 13.4. The number of carbonyl (C=O) groups excluding carboxylic acids is 1. The molecule has 3 aromatic rings. The average molecular weight is 419 g/mol. The number of rotatable bonds is 4. The van der Waals surface area contributed by atoms with E-state index < -0.39 is 0 Å². The van der Waals surface area contributed by atoms with Crippen molar-refractivity contribution in [2.24, 2.45) is 5.41 Å². The largest absolute Gasteiger partial charge is 0.381 e. The van der Waals surface area contributed by atoms with Crippen molar-refractivity contribution in [1.29, 1.82) is 0 Å². The Hall–Kier alpha value is -2.63. The van der Waals surface area contributed by atoms with E-state index in [9.17, 15) is 9.18 Å². The molecule has 2 aliphatic rings. The molecule has 0 N–H and O–H groups in total. The summed E-state index contributed by atoms with van der Waals surface area (Å²) >= 11 is 0. The van der Waals surface area contributed by atoms with Gasteiger partial charge < -0.3 is 4.74 Å². The first-order chi connectivity index (χ1) is 15.0. The molecule has 0 saturated carbocycles. The highest BCUT2D eigenvalue weighted by Gasteiger charge is 2.37. The van der Waals surface area contributed by atoms with Gasteiger partial charge in [-0.1, -0.05) is 24.3 Å². The number of aromatic nitrogens is 1. The van der Waals surface area contributed by atoms with E-state index in [0.717, 1.165) is 54.9 Å². The number of hydrogen-bond donors (Lipinski definition) is 0. The van der Waals surface area contributed by atoms with Crippen molar-refractivity contribution >= 4 is 16.7 Å². The van der Waals surface area contributed by atoms with Crippen LogP contribution in [0.1, 0.15) is 42.2 Å². The van der Waals surface area contributed by atoms with Crippen molar-refractivity contribution in [2.75, 3.05) is 26.3 Å². The second kappa shape index (κ2) is 8.13. The minimum atomic E-state index is -0.274. The molecule has 4 nitrogen and oxygen atoms in total. The third-order valence-electron chi connectivity index (χ3n) is 6.90. The number of carbonyl (C=O) groups is 1. The van der Waals surface area contributed by atoms with Gasteiger partial charge in [-0.25, -0.2) is 9.37 Å². The summed E-state index contributed by atoms with van der Waals surface area (Å²) in [5, 5.41) is 0.973. The van der Waals surface area contributed by atoms with Gasteiger partial charge in [-0.15, -0.1) is 0 Å². The Morgan fingerprint density at radius 2 is 1.87 bits per heavy atom. The number of benzene rings is 2. The monoisotopic (exact) mass is 418 g/mol. The summed E-state index contributed by atoms with van der Waals surface area (Å²) < 4.78 is 19.1. The van der Waals surface area contributed by atoms with Gasteiger partial charge in [0, 0.05) is 25.5 Å². The fourth-order valence-corrected chi connectivity index (χ4v) is 4.91. The van der Waals surface area contributed by atoms with Gasteiger partial charge >= 0.3 is 0 Å². The number of nitrogens with zero attached hydrogens (tertiary/aromatic N) is 2. The summed E-state index contributed by atoms with van der Waals surface area (Å²) in [7, 11) is 0. The number of ether oxygens (including phenoxy) is 1. The zero-order chi connectivity index (χ0) is 21.4. The predicted molar refractivity (Wildman–Crippen MR) is 120 cm³/mol. The van der Waals surface area contributed by atoms with Gasteiger partial charge in [0.1, 0.15) is 11.5 Å². The van der Waals surface area contributed by atoms with Crippen molar-refractivity contribution in [3.05, 3.63) is 65.6 Å². The van der Waals surface area contributed by atoms with Crippen LogP contribution in [0.3, 0.4) is 0 Å². The Kier molecular flexibility index (Phi) is 5.32. The molecule has 2 saturated heterocycles. The Morgan fingerprint density at radius 1 is 1.10 bits per heavy atom. The lowest BCUT2D eigenvalue weighted by Crippen LogP contribution is -2.39. The first-order valence-electron chi connectivity index (χ1n) is 11.0. The van der Waals surface area contributed by atoms with Crippen LogP contribution in [0.5, 0.6) is 0 Å². The lowest BCUT2D eigenvalue weighted by Gasteiger charge is -2.38. The number of piperidine rings is 1. The molecule has 0 atom stereocenters. The summed E-state index contributed by atoms with van der Waals surface area (Å²) in [5.74, 6) is -0.348. The van der Waals surface area contributed by atoms with Gasteiger partial charge in [0.25, 0.3) is 0 Å². The van der Waals surface area contributed by atoms with Crippen LogP contribution in [0.25, 0.3) is 22.0 Å². The number of ketones is 1. The minimum Gasteiger partial charge on any atom is -0.381 e. The summed E-state index contributed by atoms with van der Waals surface area (Å²) in [4.78, 5) is 19.2. The molecule has 2 aliphatic heterocycles. The molecular formula is C26H27FN2O2. The first-order valence-corrected chi connectivity index (χ1v) is 11.0. The van der Waals surface area contributed by atoms with Crippen LogP contribution >= 0.6 is 0 Å². The second-order valence-corrected chi connectivity index (χ2v) is 9.05. The minimum absolute atomic E-state index is 0.0734. The summed E-state index contributed by atoms with van der Waals surface area (Å²) in [6, 6.07) is 14.5. The maximum absolute atomic E-state index is 13.4. The van der Waals surface area contributed by atoms with Crippen LogP contribution < -0.4 is 0 Å². The standard InChI is InChI=1S/C26H27FN2O2/c1-18(30)24-15-23(20-3-5-21(27)6-4-20)22-7-2-19(14-25(22)28-24)16-29-11-8-26(9-12-29)10-13-31-17-26/h2-7,14-15H,8-13,16-17H2,1H3. The van der Waals surface area contributed by atoms with E-state index in [0.29, 0.717) is 11.1 Å². The maximum Gasteiger partial charge on any atom is 0.178 e. The molecule has 0 amide bonds. The molecular weight excluding hydrogens is 391 g/mol. The van der Waals surface area contributed by atoms with Crippen LogP contribution in [0.2, 0.25) is 0 Å². The van der Waals surface area contributed by atoms with E-state index in [2.05, 4.69) is 28.1 Å². The zero-order valence-electron chi connectivity index (χ0n) is 17.9. The molecule has 3 heterocycles. The van der Waals surface area contributed by atoms with Crippen molar-refractivity contribution in [1.82, 2.24) is 9.88 Å². The molecule has 1 aromatic heterocycles. The average Bonchev–Trinajstić information content (AvgIpc) is 3.23.